The predicted molar refractivity (Wildman–Crippen MR) is 28.4 cm³/mol. The molecule has 0 aromatic rings. The van der Waals surface area contributed by atoms with Gasteiger partial charge in [0.1, 0.15) is 0 Å². The summed E-state index contributed by atoms with van der Waals surface area (Å²) in [5, 5.41) is 0. The fourth-order valence-electron chi connectivity index (χ4n) is 0. The maximum Gasteiger partial charge on any atom is -0.0123 e. The molecule has 0 saturated carbocycles. The Balaban J connectivity index is 3.14. The summed E-state index contributed by atoms with van der Waals surface area (Å²) in [7, 11) is 0. The van der Waals surface area contributed by atoms with Crippen molar-refractivity contribution in [2.45, 2.75) is 13.8 Å². The van der Waals surface area contributed by atoms with Crippen LogP contribution in [0.5, 0.6) is 0 Å². The van der Waals surface area contributed by atoms with Crippen molar-refractivity contribution in [1.29, 1.82) is 0 Å². The maximum atomic E-state index is 3.23. The van der Waals surface area contributed by atoms with Crippen molar-refractivity contribution in [3.05, 3.63) is 10.6 Å². The molecule has 0 heterocycles. The van der Waals surface area contributed by atoms with E-state index in [1.165, 1.54) is 4.48 Å². The Kier molecular flexibility index (Phi) is 2.57. The van der Waals surface area contributed by atoms with E-state index in [0.29, 0.717) is 0 Å². The highest BCUT2D eigenvalue weighted by atomic mass is 79.9. The van der Waals surface area contributed by atoms with Gasteiger partial charge in [-0.15, -0.1) is 0 Å². The average molecular weight is 135 g/mol. The molecule has 0 N–H and O–H groups in total. The molecular formula is C4H7Br. The zero-order valence-electron chi connectivity index (χ0n) is 3.46. The normalized spacial score (nSPS) is 12.2. The van der Waals surface area contributed by atoms with E-state index in [2.05, 4.69) is 15.9 Å². The van der Waals surface area contributed by atoms with Crippen LogP contribution in [0.2, 0.25) is 0 Å². The van der Waals surface area contributed by atoms with Gasteiger partial charge in [-0.2, -0.15) is 0 Å². The molecule has 5 heavy (non-hydrogen) atoms. The van der Waals surface area contributed by atoms with E-state index in [4.69, 9.17) is 0 Å². The molecule has 0 fully saturated rings. The number of hydrogen-bond acceptors (Lipinski definition) is 0. The third-order valence-corrected chi connectivity index (χ3v) is 0.856. The molecule has 0 unspecified atom stereocenters. The van der Waals surface area contributed by atoms with Gasteiger partial charge in [-0.25, -0.2) is 0 Å². The monoisotopic (exact) mass is 134 g/mol. The summed E-state index contributed by atoms with van der Waals surface area (Å²) in [6.45, 7) is 3.99. The third-order valence-electron chi connectivity index (χ3n) is 0.398. The van der Waals surface area contributed by atoms with Crippen LogP contribution in [0.1, 0.15) is 13.8 Å². The minimum absolute atomic E-state index is 1.19. The van der Waals surface area contributed by atoms with Crippen LogP contribution in [0, 0.1) is 0 Å². The number of hydrogen-bond donors (Lipinski definition) is 0. The Hall–Kier alpha value is 0.220. The molecule has 0 spiro atoms. The molecule has 0 aromatic heterocycles. The summed E-state index contributed by atoms with van der Waals surface area (Å²) < 4.78 is 1.19. The minimum Gasteiger partial charge on any atom is -0.0778 e. The van der Waals surface area contributed by atoms with E-state index in [-0.39, 0.29) is 0 Å². The lowest BCUT2D eigenvalue weighted by Gasteiger charge is -1.70. The summed E-state index contributed by atoms with van der Waals surface area (Å²) in [6.07, 6.45) is 2.00. The summed E-state index contributed by atoms with van der Waals surface area (Å²) in [6, 6.07) is 0. The van der Waals surface area contributed by atoms with Crippen molar-refractivity contribution in [1.82, 2.24) is 0 Å². The second-order valence-corrected chi connectivity index (χ2v) is 2.13. The second-order valence-electron chi connectivity index (χ2n) is 0.875. The predicted octanol–water partition coefficient (Wildman–Crippen LogP) is 2.31. The first-order valence-electron chi connectivity index (χ1n) is 1.56. The Morgan fingerprint density at radius 1 is 1.80 bits per heavy atom. The maximum absolute atomic E-state index is 3.23. The molecular weight excluding hydrogens is 128 g/mol. The molecule has 0 atom stereocenters. The van der Waals surface area contributed by atoms with Crippen LogP contribution in [0.4, 0.5) is 0 Å². The molecule has 0 saturated heterocycles. The van der Waals surface area contributed by atoms with Crippen molar-refractivity contribution in [2.24, 2.45) is 0 Å². The molecule has 0 amide bonds. The van der Waals surface area contributed by atoms with Crippen LogP contribution in [-0.2, 0) is 0 Å². The molecule has 1 heteroatoms. The van der Waals surface area contributed by atoms with Crippen LogP contribution in [0.3, 0.4) is 0 Å². The number of rotatable bonds is 0. The molecule has 0 rings (SSSR count). The van der Waals surface area contributed by atoms with Gasteiger partial charge >= 0.3 is 0 Å². The summed E-state index contributed by atoms with van der Waals surface area (Å²) in [5.74, 6) is 0. The highest BCUT2D eigenvalue weighted by Gasteiger charge is 1.63. The summed E-state index contributed by atoms with van der Waals surface area (Å²) in [5.41, 5.74) is 0. The first-order valence-corrected chi connectivity index (χ1v) is 2.35. The van der Waals surface area contributed by atoms with Crippen molar-refractivity contribution in [3.63, 3.8) is 0 Å². The van der Waals surface area contributed by atoms with Gasteiger partial charge in [0.2, 0.25) is 0 Å². The Morgan fingerprint density at radius 2 is 2.00 bits per heavy atom. The molecule has 0 radical (unpaired) electrons. The molecule has 0 aliphatic rings. The molecule has 0 aromatic carbocycles. The fourth-order valence-corrected chi connectivity index (χ4v) is 0. The van der Waals surface area contributed by atoms with Crippen LogP contribution < -0.4 is 0 Å². The SMILES string of the molecule is C/C=C(\C)Br. The fraction of sp³-hybridized carbons (Fsp3) is 0.500. The summed E-state index contributed by atoms with van der Waals surface area (Å²) in [4.78, 5) is 0. The average Bonchev–Trinajstić information content (AvgIpc) is 1.38. The van der Waals surface area contributed by atoms with Gasteiger partial charge in [-0.1, -0.05) is 22.0 Å². The zero-order valence-corrected chi connectivity index (χ0v) is 5.04. The molecule has 0 nitrogen and oxygen atoms in total. The van der Waals surface area contributed by atoms with Crippen LogP contribution in [0.25, 0.3) is 0 Å². The second kappa shape index (κ2) is 2.46. The Morgan fingerprint density at radius 3 is 2.00 bits per heavy atom. The van der Waals surface area contributed by atoms with Gasteiger partial charge < -0.3 is 0 Å². The first kappa shape index (κ1) is 5.22. The topological polar surface area (TPSA) is 0 Å². The van der Waals surface area contributed by atoms with E-state index in [0.717, 1.165) is 0 Å². The highest BCUT2D eigenvalue weighted by molar-refractivity contribution is 9.11. The number of halogens is 1. The van der Waals surface area contributed by atoms with Gasteiger partial charge in [0, 0.05) is 0 Å². The van der Waals surface area contributed by atoms with E-state index in [1.54, 1.807) is 0 Å². The van der Waals surface area contributed by atoms with Crippen LogP contribution in [0.15, 0.2) is 10.6 Å². The van der Waals surface area contributed by atoms with Gasteiger partial charge in [-0.3, -0.25) is 0 Å². The third kappa shape index (κ3) is 4.22. The molecule has 0 aliphatic carbocycles. The van der Waals surface area contributed by atoms with Crippen molar-refractivity contribution < 1.29 is 0 Å². The van der Waals surface area contributed by atoms with Crippen molar-refractivity contribution in [3.8, 4) is 0 Å². The number of allylic oxidation sites excluding steroid dienone is 2. The minimum atomic E-state index is 1.19. The lowest BCUT2D eigenvalue weighted by molar-refractivity contribution is 1.61. The van der Waals surface area contributed by atoms with E-state index in [9.17, 15) is 0 Å². The zero-order chi connectivity index (χ0) is 4.28. The largest absolute Gasteiger partial charge is 0.0778 e. The van der Waals surface area contributed by atoms with Gasteiger partial charge in [0.15, 0.2) is 0 Å². The van der Waals surface area contributed by atoms with E-state index >= 15 is 0 Å². The van der Waals surface area contributed by atoms with Crippen molar-refractivity contribution >= 4 is 15.9 Å². The van der Waals surface area contributed by atoms with Gasteiger partial charge in [-0.05, 0) is 18.3 Å². The molecule has 30 valence electrons. The van der Waals surface area contributed by atoms with Crippen LogP contribution >= 0.6 is 15.9 Å². The summed E-state index contributed by atoms with van der Waals surface area (Å²) >= 11 is 3.23. The van der Waals surface area contributed by atoms with Crippen molar-refractivity contribution in [2.75, 3.05) is 0 Å². The first-order chi connectivity index (χ1) is 2.27. The van der Waals surface area contributed by atoms with Crippen LogP contribution in [-0.4, -0.2) is 0 Å². The van der Waals surface area contributed by atoms with E-state index in [1.807, 2.05) is 19.9 Å². The Bertz CT molecular complexity index is 41.6. The Labute approximate surface area is 41.0 Å². The van der Waals surface area contributed by atoms with Gasteiger partial charge in [0.25, 0.3) is 0 Å². The van der Waals surface area contributed by atoms with Gasteiger partial charge in [0.05, 0.1) is 0 Å². The standard InChI is InChI=1S/C4H7Br/c1-3-4(2)5/h3H,1-2H3/b4-3+. The lowest BCUT2D eigenvalue weighted by Crippen LogP contribution is -1.44. The lowest BCUT2D eigenvalue weighted by atomic mass is 10.6. The molecule has 0 aliphatic heterocycles. The highest BCUT2D eigenvalue weighted by Crippen LogP contribution is 1.98. The smallest absolute Gasteiger partial charge is 0.0123 e. The quantitative estimate of drug-likeness (QED) is 0.478. The molecule has 0 bridgehead atoms. The van der Waals surface area contributed by atoms with E-state index < -0.39 is 0 Å².